The summed E-state index contributed by atoms with van der Waals surface area (Å²) in [6.07, 6.45) is 0.230. The molecule has 8 nitrogen and oxygen atoms in total. The van der Waals surface area contributed by atoms with Crippen LogP contribution in [-0.2, 0) is 0 Å². The zero-order chi connectivity index (χ0) is 18.9. The first-order valence-corrected chi connectivity index (χ1v) is 8.31. The highest BCUT2D eigenvalue weighted by molar-refractivity contribution is 5.74. The Morgan fingerprint density at radius 2 is 1.93 bits per heavy atom. The minimum Gasteiger partial charge on any atom is -0.368 e. The molecule has 1 saturated carbocycles. The first kappa shape index (κ1) is 16.1. The van der Waals surface area contributed by atoms with E-state index in [0.717, 1.165) is 0 Å². The van der Waals surface area contributed by atoms with Crippen molar-refractivity contribution in [1.29, 1.82) is 0 Å². The maximum atomic E-state index is 12.9. The maximum absolute atomic E-state index is 12.9. The van der Waals surface area contributed by atoms with Crippen LogP contribution in [0.3, 0.4) is 0 Å². The predicted octanol–water partition coefficient (Wildman–Crippen LogP) is 1.02. The molecule has 27 heavy (non-hydrogen) atoms. The highest BCUT2D eigenvalue weighted by atomic mass is 19.4. The van der Waals surface area contributed by atoms with Crippen LogP contribution in [0.25, 0.3) is 16.9 Å². The summed E-state index contributed by atoms with van der Waals surface area (Å²) in [6, 6.07) is 1.62. The number of hydrogen-bond donors (Lipinski definition) is 2. The van der Waals surface area contributed by atoms with Gasteiger partial charge in [-0.15, -0.1) is 0 Å². The average Bonchev–Trinajstić information content (AvgIpc) is 2.95. The standard InChI is InChI=1S/C16H13F3N6O2/c17-16(18,19)12-8-5-24(6-9(8)12)11-3-10(23-25-2-1-20-13(11)25)7-4-21-15(27)22-14(7)26/h1-4,8-9,12H,5-6H2,(H2,21,22,26,27)/t8-,9+,12?. The number of imidazole rings is 1. The lowest BCUT2D eigenvalue weighted by Gasteiger charge is -2.23. The maximum Gasteiger partial charge on any atom is 0.392 e. The summed E-state index contributed by atoms with van der Waals surface area (Å²) in [4.78, 5) is 33.9. The normalized spacial score (nSPS) is 24.4. The van der Waals surface area contributed by atoms with E-state index in [1.807, 2.05) is 4.90 Å². The van der Waals surface area contributed by atoms with E-state index in [2.05, 4.69) is 20.1 Å². The smallest absolute Gasteiger partial charge is 0.368 e. The van der Waals surface area contributed by atoms with Gasteiger partial charge in [0.1, 0.15) is 5.69 Å². The lowest BCUT2D eigenvalue weighted by Crippen LogP contribution is -2.29. The molecule has 140 valence electrons. The Morgan fingerprint density at radius 1 is 1.19 bits per heavy atom. The SMILES string of the molecule is O=c1[nH]cc(-c2cc(N3C[C@@H]4C(C(F)(F)F)[C@@H]4C3)c3nccn3n2)c(=O)[nH]1. The third kappa shape index (κ3) is 2.45. The molecule has 2 N–H and O–H groups in total. The molecule has 5 rings (SSSR count). The third-order valence-electron chi connectivity index (χ3n) is 5.35. The lowest BCUT2D eigenvalue weighted by molar-refractivity contribution is -0.154. The van der Waals surface area contributed by atoms with Crippen LogP contribution in [0.15, 0.2) is 34.2 Å². The number of anilines is 1. The molecule has 1 saturated heterocycles. The fourth-order valence-electron chi connectivity index (χ4n) is 4.07. The molecule has 1 aliphatic carbocycles. The largest absolute Gasteiger partial charge is 0.392 e. The van der Waals surface area contributed by atoms with Crippen molar-refractivity contribution in [2.75, 3.05) is 18.0 Å². The second-order valence-electron chi connectivity index (χ2n) is 6.90. The van der Waals surface area contributed by atoms with Crippen molar-refractivity contribution in [3.05, 3.63) is 45.5 Å². The van der Waals surface area contributed by atoms with E-state index >= 15 is 0 Å². The molecule has 3 aromatic heterocycles. The Hall–Kier alpha value is -3.11. The summed E-state index contributed by atoms with van der Waals surface area (Å²) in [5.41, 5.74) is 0.335. The lowest BCUT2D eigenvalue weighted by atomic mass is 10.2. The molecule has 3 atom stereocenters. The Morgan fingerprint density at radius 3 is 2.59 bits per heavy atom. The Kier molecular flexibility index (Phi) is 3.10. The first-order chi connectivity index (χ1) is 12.8. The third-order valence-corrected chi connectivity index (χ3v) is 5.35. The van der Waals surface area contributed by atoms with Crippen molar-refractivity contribution in [2.24, 2.45) is 17.8 Å². The molecule has 0 bridgehead atoms. The summed E-state index contributed by atoms with van der Waals surface area (Å²) in [6.45, 7) is 0.561. The van der Waals surface area contributed by atoms with Gasteiger partial charge in [-0.2, -0.15) is 18.3 Å². The number of aromatic amines is 2. The number of halogens is 3. The molecule has 2 fully saturated rings. The summed E-state index contributed by atoms with van der Waals surface area (Å²) < 4.78 is 40.3. The zero-order valence-electron chi connectivity index (χ0n) is 13.7. The molecule has 0 amide bonds. The minimum atomic E-state index is -4.16. The van der Waals surface area contributed by atoms with Gasteiger partial charge in [0.05, 0.1) is 17.2 Å². The van der Waals surface area contributed by atoms with E-state index in [9.17, 15) is 22.8 Å². The van der Waals surface area contributed by atoms with Gasteiger partial charge in [-0.25, -0.2) is 14.3 Å². The van der Waals surface area contributed by atoms with Crippen LogP contribution in [0.4, 0.5) is 18.9 Å². The van der Waals surface area contributed by atoms with Gasteiger partial charge in [0.2, 0.25) is 0 Å². The number of fused-ring (bicyclic) bond motifs is 2. The predicted molar refractivity (Wildman–Crippen MR) is 88.4 cm³/mol. The number of nitrogens with one attached hydrogen (secondary N) is 2. The van der Waals surface area contributed by atoms with Crippen molar-refractivity contribution in [3.63, 3.8) is 0 Å². The number of nitrogens with zero attached hydrogens (tertiary/aromatic N) is 4. The summed E-state index contributed by atoms with van der Waals surface area (Å²) in [5, 5.41) is 4.32. The number of alkyl halides is 3. The molecule has 1 aliphatic heterocycles. The summed E-state index contributed by atoms with van der Waals surface area (Å²) in [7, 11) is 0. The van der Waals surface area contributed by atoms with E-state index < -0.39 is 35.2 Å². The second kappa shape index (κ2) is 5.21. The van der Waals surface area contributed by atoms with E-state index in [1.54, 1.807) is 12.3 Å². The number of H-pyrrole nitrogens is 2. The molecule has 1 unspecified atom stereocenters. The number of hydrogen-bond acceptors (Lipinski definition) is 5. The molecule has 0 radical (unpaired) electrons. The molecular weight excluding hydrogens is 365 g/mol. The Balaban J connectivity index is 1.55. The molecule has 0 spiro atoms. The van der Waals surface area contributed by atoms with Crippen molar-refractivity contribution in [2.45, 2.75) is 6.18 Å². The van der Waals surface area contributed by atoms with Gasteiger partial charge in [0, 0.05) is 31.7 Å². The fraction of sp³-hybridized carbons (Fsp3) is 0.375. The topological polar surface area (TPSA) is 99.2 Å². The van der Waals surface area contributed by atoms with E-state index in [0.29, 0.717) is 17.0 Å². The minimum absolute atomic E-state index is 0.156. The number of piperidine rings is 1. The van der Waals surface area contributed by atoms with Crippen molar-refractivity contribution in [3.8, 4) is 11.3 Å². The van der Waals surface area contributed by atoms with Gasteiger partial charge in [0.15, 0.2) is 5.65 Å². The fourth-order valence-corrected chi connectivity index (χ4v) is 4.07. The van der Waals surface area contributed by atoms with Crippen LogP contribution in [0.5, 0.6) is 0 Å². The van der Waals surface area contributed by atoms with Crippen LogP contribution in [0, 0.1) is 17.8 Å². The van der Waals surface area contributed by atoms with Gasteiger partial charge >= 0.3 is 11.9 Å². The monoisotopic (exact) mass is 378 g/mol. The Bertz CT molecular complexity index is 1150. The molecule has 11 heteroatoms. The van der Waals surface area contributed by atoms with Gasteiger partial charge < -0.3 is 9.88 Å². The second-order valence-corrected chi connectivity index (χ2v) is 6.90. The number of aromatic nitrogens is 5. The van der Waals surface area contributed by atoms with Crippen LogP contribution < -0.4 is 16.1 Å². The van der Waals surface area contributed by atoms with Crippen LogP contribution in [0.1, 0.15) is 0 Å². The van der Waals surface area contributed by atoms with Gasteiger partial charge in [-0.1, -0.05) is 0 Å². The zero-order valence-corrected chi connectivity index (χ0v) is 13.7. The molecule has 0 aromatic carbocycles. The molecule has 3 aromatic rings. The number of rotatable bonds is 2. The van der Waals surface area contributed by atoms with Gasteiger partial charge in [-0.05, 0) is 17.9 Å². The highest BCUT2D eigenvalue weighted by Crippen LogP contribution is 2.59. The summed E-state index contributed by atoms with van der Waals surface area (Å²) >= 11 is 0. The van der Waals surface area contributed by atoms with E-state index in [-0.39, 0.29) is 18.7 Å². The average molecular weight is 378 g/mol. The quantitative estimate of drug-likeness (QED) is 0.694. The molecule has 4 heterocycles. The van der Waals surface area contributed by atoms with E-state index in [4.69, 9.17) is 0 Å². The van der Waals surface area contributed by atoms with Crippen molar-refractivity contribution < 1.29 is 13.2 Å². The molecular formula is C16H13F3N6O2. The molecule has 2 aliphatic rings. The van der Waals surface area contributed by atoms with E-state index in [1.165, 1.54) is 16.9 Å². The summed E-state index contributed by atoms with van der Waals surface area (Å²) in [5.74, 6) is -2.05. The van der Waals surface area contributed by atoms with Crippen molar-refractivity contribution in [1.82, 2.24) is 24.6 Å². The van der Waals surface area contributed by atoms with Crippen LogP contribution in [-0.4, -0.2) is 43.8 Å². The Labute approximate surface area is 148 Å². The highest BCUT2D eigenvalue weighted by Gasteiger charge is 2.67. The van der Waals surface area contributed by atoms with Gasteiger partial charge in [-0.3, -0.25) is 9.78 Å². The first-order valence-electron chi connectivity index (χ1n) is 8.31. The van der Waals surface area contributed by atoms with Crippen LogP contribution >= 0.6 is 0 Å². The van der Waals surface area contributed by atoms with Gasteiger partial charge in [0.25, 0.3) is 5.56 Å². The van der Waals surface area contributed by atoms with Crippen molar-refractivity contribution >= 4 is 11.3 Å². The van der Waals surface area contributed by atoms with Crippen LogP contribution in [0.2, 0.25) is 0 Å².